The van der Waals surface area contributed by atoms with Crippen LogP contribution < -0.4 is 9.47 Å². The van der Waals surface area contributed by atoms with Gasteiger partial charge in [0.05, 0.1) is 12.0 Å². The van der Waals surface area contributed by atoms with Gasteiger partial charge in [-0.25, -0.2) is 4.68 Å². The summed E-state index contributed by atoms with van der Waals surface area (Å²) in [5.41, 5.74) is -0.0617. The zero-order chi connectivity index (χ0) is 13.0. The molecule has 1 aromatic heterocycles. The number of ether oxygens (including phenoxy) is 2. The van der Waals surface area contributed by atoms with Crippen molar-refractivity contribution in [2.45, 2.75) is 6.73 Å². The van der Waals surface area contributed by atoms with Crippen molar-refractivity contribution in [3.8, 4) is 11.5 Å². The Kier molecular flexibility index (Phi) is 3.42. The van der Waals surface area contributed by atoms with Crippen LogP contribution in [0.15, 0.2) is 36.7 Å². The highest BCUT2D eigenvalue weighted by atomic mass is 16.6. The van der Waals surface area contributed by atoms with Gasteiger partial charge in [-0.3, -0.25) is 10.1 Å². The van der Waals surface area contributed by atoms with Gasteiger partial charge in [0.25, 0.3) is 0 Å². The van der Waals surface area contributed by atoms with Crippen LogP contribution in [0.5, 0.6) is 11.5 Å². The van der Waals surface area contributed by atoms with Crippen molar-refractivity contribution in [3.05, 3.63) is 46.8 Å². The molecule has 7 nitrogen and oxygen atoms in total. The molecule has 94 valence electrons. The summed E-state index contributed by atoms with van der Waals surface area (Å²) < 4.78 is 11.8. The van der Waals surface area contributed by atoms with Crippen LogP contribution in [0.3, 0.4) is 0 Å². The molecule has 0 spiro atoms. The van der Waals surface area contributed by atoms with Gasteiger partial charge in [0.2, 0.25) is 0 Å². The van der Waals surface area contributed by atoms with Crippen LogP contribution in [0.1, 0.15) is 0 Å². The van der Waals surface area contributed by atoms with Crippen molar-refractivity contribution in [3.63, 3.8) is 0 Å². The quantitative estimate of drug-likeness (QED) is 0.596. The number of rotatable bonds is 5. The molecule has 0 N–H and O–H groups in total. The molecular formula is C11H11N3O4. The van der Waals surface area contributed by atoms with Gasteiger partial charge in [-0.1, -0.05) is 0 Å². The molecule has 2 aromatic rings. The summed E-state index contributed by atoms with van der Waals surface area (Å²) in [7, 11) is 1.58. The molecule has 0 unspecified atom stereocenters. The van der Waals surface area contributed by atoms with Crippen molar-refractivity contribution < 1.29 is 14.4 Å². The van der Waals surface area contributed by atoms with Gasteiger partial charge in [-0.15, -0.1) is 0 Å². The Labute approximate surface area is 103 Å². The minimum absolute atomic E-state index is 0.0617. The molecule has 0 aliphatic carbocycles. The van der Waals surface area contributed by atoms with Crippen molar-refractivity contribution in [2.75, 3.05) is 7.11 Å². The summed E-state index contributed by atoms with van der Waals surface area (Å²) in [6.07, 6.45) is 2.49. The second-order valence-electron chi connectivity index (χ2n) is 3.44. The van der Waals surface area contributed by atoms with E-state index in [-0.39, 0.29) is 12.4 Å². The van der Waals surface area contributed by atoms with E-state index in [9.17, 15) is 10.1 Å². The Morgan fingerprint density at radius 1 is 1.33 bits per heavy atom. The molecule has 0 saturated carbocycles. The van der Waals surface area contributed by atoms with Crippen LogP contribution >= 0.6 is 0 Å². The number of nitro groups is 1. The van der Waals surface area contributed by atoms with Gasteiger partial charge in [-0.2, -0.15) is 5.10 Å². The van der Waals surface area contributed by atoms with E-state index >= 15 is 0 Å². The van der Waals surface area contributed by atoms with Crippen LogP contribution in [0.25, 0.3) is 0 Å². The van der Waals surface area contributed by atoms with E-state index in [0.717, 1.165) is 5.75 Å². The van der Waals surface area contributed by atoms with Crippen LogP contribution in [0.4, 0.5) is 5.69 Å². The van der Waals surface area contributed by atoms with Crippen LogP contribution in [0, 0.1) is 10.1 Å². The smallest absolute Gasteiger partial charge is 0.307 e. The van der Waals surface area contributed by atoms with Crippen molar-refractivity contribution >= 4 is 5.69 Å². The lowest BCUT2D eigenvalue weighted by atomic mass is 10.3. The van der Waals surface area contributed by atoms with Gasteiger partial charge >= 0.3 is 5.69 Å². The lowest BCUT2D eigenvalue weighted by Crippen LogP contribution is -2.05. The fourth-order valence-corrected chi connectivity index (χ4v) is 1.33. The maximum Gasteiger partial charge on any atom is 0.307 e. The third-order valence-corrected chi connectivity index (χ3v) is 2.25. The van der Waals surface area contributed by atoms with Crippen molar-refractivity contribution in [1.82, 2.24) is 9.78 Å². The van der Waals surface area contributed by atoms with Crippen LogP contribution in [-0.2, 0) is 6.73 Å². The maximum absolute atomic E-state index is 10.5. The molecule has 0 radical (unpaired) electrons. The number of benzene rings is 1. The van der Waals surface area contributed by atoms with E-state index in [2.05, 4.69) is 5.10 Å². The van der Waals surface area contributed by atoms with E-state index in [1.54, 1.807) is 31.4 Å². The first-order chi connectivity index (χ1) is 8.69. The topological polar surface area (TPSA) is 79.4 Å². The summed E-state index contributed by atoms with van der Waals surface area (Å²) in [6, 6.07) is 7.02. The van der Waals surface area contributed by atoms with E-state index in [1.807, 2.05) is 0 Å². The summed E-state index contributed by atoms with van der Waals surface area (Å²) in [5.74, 6) is 1.37. The third-order valence-electron chi connectivity index (χ3n) is 2.25. The lowest BCUT2D eigenvalue weighted by Gasteiger charge is -2.06. The molecule has 0 fully saturated rings. The third kappa shape index (κ3) is 2.76. The highest BCUT2D eigenvalue weighted by molar-refractivity contribution is 5.31. The van der Waals surface area contributed by atoms with Crippen LogP contribution in [0.2, 0.25) is 0 Å². The fourth-order valence-electron chi connectivity index (χ4n) is 1.33. The molecule has 1 heterocycles. The van der Waals surface area contributed by atoms with E-state index in [0.29, 0.717) is 5.75 Å². The largest absolute Gasteiger partial charge is 0.497 e. The second kappa shape index (κ2) is 5.17. The predicted molar refractivity (Wildman–Crippen MR) is 62.5 cm³/mol. The van der Waals surface area contributed by atoms with Crippen LogP contribution in [-0.4, -0.2) is 21.8 Å². The summed E-state index contributed by atoms with van der Waals surface area (Å²) in [6.45, 7) is 0.111. The Balaban J connectivity index is 1.95. The van der Waals surface area contributed by atoms with Crippen molar-refractivity contribution in [2.24, 2.45) is 0 Å². The highest BCUT2D eigenvalue weighted by Crippen LogP contribution is 2.17. The maximum atomic E-state index is 10.5. The molecule has 7 heteroatoms. The predicted octanol–water partition coefficient (Wildman–Crippen LogP) is 1.84. The first kappa shape index (κ1) is 11.9. The molecule has 0 aliphatic rings. The van der Waals surface area contributed by atoms with E-state index in [1.165, 1.54) is 17.1 Å². The molecule has 0 atom stereocenters. The Bertz CT molecular complexity index is 535. The minimum atomic E-state index is -0.503. The zero-order valence-electron chi connectivity index (χ0n) is 9.65. The summed E-state index contributed by atoms with van der Waals surface area (Å²) >= 11 is 0. The lowest BCUT2D eigenvalue weighted by molar-refractivity contribution is -0.385. The Morgan fingerprint density at radius 2 is 2.00 bits per heavy atom. The van der Waals surface area contributed by atoms with Gasteiger partial charge in [0, 0.05) is 0 Å². The Hall–Kier alpha value is -2.57. The molecular weight excluding hydrogens is 238 g/mol. The standard InChI is InChI=1S/C11H11N3O4/c1-17-10-2-4-11(5-3-10)18-8-13-7-9(6-12-13)14(15)16/h2-7H,8H2,1H3. The molecule has 0 amide bonds. The molecule has 0 bridgehead atoms. The SMILES string of the molecule is COc1ccc(OCn2cc([N+](=O)[O-])cn2)cc1. The fraction of sp³-hybridized carbons (Fsp3) is 0.182. The highest BCUT2D eigenvalue weighted by Gasteiger charge is 2.08. The second-order valence-corrected chi connectivity index (χ2v) is 3.44. The average Bonchev–Trinajstić information content (AvgIpc) is 2.86. The number of hydrogen-bond acceptors (Lipinski definition) is 5. The molecule has 0 saturated heterocycles. The Morgan fingerprint density at radius 3 is 2.56 bits per heavy atom. The van der Waals surface area contributed by atoms with Crippen molar-refractivity contribution in [1.29, 1.82) is 0 Å². The summed E-state index contributed by atoms with van der Waals surface area (Å²) in [4.78, 5) is 9.95. The minimum Gasteiger partial charge on any atom is -0.497 e. The van der Waals surface area contributed by atoms with Gasteiger partial charge in [-0.05, 0) is 24.3 Å². The van der Waals surface area contributed by atoms with Gasteiger partial charge in [0.15, 0.2) is 6.73 Å². The van der Waals surface area contributed by atoms with E-state index in [4.69, 9.17) is 9.47 Å². The average molecular weight is 249 g/mol. The summed E-state index contributed by atoms with van der Waals surface area (Å²) in [5, 5.41) is 14.3. The zero-order valence-corrected chi connectivity index (χ0v) is 9.65. The normalized spacial score (nSPS) is 10.1. The molecule has 18 heavy (non-hydrogen) atoms. The number of hydrogen-bond donors (Lipinski definition) is 0. The number of nitrogens with zero attached hydrogens (tertiary/aromatic N) is 3. The first-order valence-electron chi connectivity index (χ1n) is 5.13. The molecule has 2 rings (SSSR count). The van der Waals surface area contributed by atoms with Gasteiger partial charge in [0.1, 0.15) is 23.9 Å². The van der Waals surface area contributed by atoms with Gasteiger partial charge < -0.3 is 9.47 Å². The monoisotopic (exact) mass is 249 g/mol. The molecule has 1 aromatic carbocycles. The van der Waals surface area contributed by atoms with E-state index < -0.39 is 4.92 Å². The number of aromatic nitrogens is 2. The first-order valence-corrected chi connectivity index (χ1v) is 5.13. The number of methoxy groups -OCH3 is 1. The molecule has 0 aliphatic heterocycles.